The molecule has 0 saturated carbocycles. The molecule has 6 heteroatoms. The number of halogens is 1. The Balaban J connectivity index is 1.66. The van der Waals surface area contributed by atoms with Crippen LogP contribution in [0.3, 0.4) is 0 Å². The van der Waals surface area contributed by atoms with Crippen LogP contribution in [0.25, 0.3) is 33.4 Å². The van der Waals surface area contributed by atoms with Crippen molar-refractivity contribution in [1.29, 1.82) is 0 Å². The van der Waals surface area contributed by atoms with E-state index in [-0.39, 0.29) is 11.9 Å². The molecule has 0 atom stereocenters. The Hall–Kier alpha value is -3.38. The van der Waals surface area contributed by atoms with Crippen molar-refractivity contribution in [2.24, 2.45) is 0 Å². The Morgan fingerprint density at radius 3 is 2.55 bits per heavy atom. The number of pyridine rings is 1. The number of fused-ring (bicyclic) bond motifs is 1. The van der Waals surface area contributed by atoms with Crippen LogP contribution in [0.4, 0.5) is 10.2 Å². The van der Waals surface area contributed by atoms with E-state index < -0.39 is 0 Å². The molecule has 5 rings (SSSR count). The zero-order valence-corrected chi connectivity index (χ0v) is 15.9. The Morgan fingerprint density at radius 1 is 0.966 bits per heavy atom. The van der Waals surface area contributed by atoms with Crippen molar-refractivity contribution < 1.29 is 9.13 Å². The van der Waals surface area contributed by atoms with Gasteiger partial charge in [-0.15, -0.1) is 0 Å². The van der Waals surface area contributed by atoms with E-state index in [2.05, 4.69) is 9.88 Å². The van der Waals surface area contributed by atoms with Gasteiger partial charge in [-0.2, -0.15) is 0 Å². The predicted octanol–water partition coefficient (Wildman–Crippen LogP) is 4.33. The Bertz CT molecular complexity index is 1180. The van der Waals surface area contributed by atoms with Gasteiger partial charge in [-0.05, 0) is 47.5 Å². The summed E-state index contributed by atoms with van der Waals surface area (Å²) in [6.45, 7) is 1.58. The first kappa shape index (κ1) is 17.7. The molecule has 5 nitrogen and oxygen atoms in total. The third-order valence-electron chi connectivity index (χ3n) is 5.24. The molecule has 4 aromatic rings. The van der Waals surface area contributed by atoms with Crippen molar-refractivity contribution in [3.05, 3.63) is 72.8 Å². The first-order valence-electron chi connectivity index (χ1n) is 9.47. The highest BCUT2D eigenvalue weighted by atomic mass is 19.1. The second-order valence-corrected chi connectivity index (χ2v) is 7.12. The highest BCUT2D eigenvalue weighted by Gasteiger charge is 2.29. The van der Waals surface area contributed by atoms with Crippen LogP contribution in [0.15, 0.2) is 67.0 Å². The molecule has 144 valence electrons. The maximum atomic E-state index is 13.7. The minimum absolute atomic E-state index is 0.216. The third-order valence-corrected chi connectivity index (χ3v) is 5.24. The summed E-state index contributed by atoms with van der Waals surface area (Å²) in [7, 11) is 1.73. The number of hydrogen-bond donors (Lipinski definition) is 0. The quantitative estimate of drug-likeness (QED) is 0.522. The summed E-state index contributed by atoms with van der Waals surface area (Å²) < 4.78 is 19.1. The molecule has 2 aromatic heterocycles. The fourth-order valence-corrected chi connectivity index (χ4v) is 3.59. The lowest BCUT2D eigenvalue weighted by molar-refractivity contribution is 0.0785. The normalized spacial score (nSPS) is 14.2. The van der Waals surface area contributed by atoms with Gasteiger partial charge < -0.3 is 9.64 Å². The van der Waals surface area contributed by atoms with E-state index in [1.165, 1.54) is 12.1 Å². The van der Waals surface area contributed by atoms with E-state index in [4.69, 9.17) is 14.7 Å². The summed E-state index contributed by atoms with van der Waals surface area (Å²) >= 11 is 0. The third kappa shape index (κ3) is 3.32. The molecular formula is C23H19FN4O. The maximum Gasteiger partial charge on any atom is 0.163 e. The number of methoxy groups -OCH3 is 1. The molecule has 0 amide bonds. The molecule has 29 heavy (non-hydrogen) atoms. The van der Waals surface area contributed by atoms with E-state index in [0.717, 1.165) is 46.5 Å². The van der Waals surface area contributed by atoms with Crippen LogP contribution in [0, 0.1) is 5.82 Å². The number of rotatable bonds is 4. The van der Waals surface area contributed by atoms with Gasteiger partial charge in [-0.25, -0.2) is 14.4 Å². The van der Waals surface area contributed by atoms with Gasteiger partial charge in [-0.3, -0.25) is 4.98 Å². The van der Waals surface area contributed by atoms with Crippen molar-refractivity contribution in [3.63, 3.8) is 0 Å². The van der Waals surface area contributed by atoms with Gasteiger partial charge in [0.1, 0.15) is 11.6 Å². The number of nitrogens with zero attached hydrogens (tertiary/aromatic N) is 4. The highest BCUT2D eigenvalue weighted by Crippen LogP contribution is 2.33. The Kier molecular flexibility index (Phi) is 4.41. The van der Waals surface area contributed by atoms with E-state index >= 15 is 0 Å². The number of hydrogen-bond acceptors (Lipinski definition) is 5. The second-order valence-electron chi connectivity index (χ2n) is 7.12. The molecule has 0 spiro atoms. The zero-order valence-electron chi connectivity index (χ0n) is 15.9. The Labute approximate surface area is 167 Å². The Morgan fingerprint density at radius 2 is 1.79 bits per heavy atom. The minimum Gasteiger partial charge on any atom is -0.378 e. The number of aromatic nitrogens is 3. The molecule has 0 radical (unpaired) electrons. The van der Waals surface area contributed by atoms with Gasteiger partial charge >= 0.3 is 0 Å². The summed E-state index contributed by atoms with van der Waals surface area (Å²) in [4.78, 5) is 16.0. The van der Waals surface area contributed by atoms with E-state index in [1.807, 2.05) is 36.4 Å². The lowest BCUT2D eigenvalue weighted by atomic mass is 10.0. The molecule has 1 saturated heterocycles. The molecule has 0 aliphatic carbocycles. The number of anilines is 1. The van der Waals surface area contributed by atoms with Crippen LogP contribution in [0.2, 0.25) is 0 Å². The monoisotopic (exact) mass is 386 g/mol. The second kappa shape index (κ2) is 7.22. The molecule has 1 aliphatic heterocycles. The molecular weight excluding hydrogens is 367 g/mol. The summed E-state index contributed by atoms with van der Waals surface area (Å²) in [5, 5.41) is 0.965. The lowest BCUT2D eigenvalue weighted by Crippen LogP contribution is -2.52. The molecule has 2 aromatic carbocycles. The lowest BCUT2D eigenvalue weighted by Gasteiger charge is -2.39. The molecule has 1 fully saturated rings. The summed E-state index contributed by atoms with van der Waals surface area (Å²) in [5.74, 6) is 1.25. The average Bonchev–Trinajstić information content (AvgIpc) is 2.73. The van der Waals surface area contributed by atoms with E-state index in [9.17, 15) is 4.39 Å². The molecule has 3 heterocycles. The van der Waals surface area contributed by atoms with Crippen LogP contribution < -0.4 is 4.90 Å². The molecule has 0 unspecified atom stereocenters. The fourth-order valence-electron chi connectivity index (χ4n) is 3.59. The summed E-state index contributed by atoms with van der Waals surface area (Å²) in [6.07, 6.45) is 3.70. The number of ether oxygens (including phenoxy) is 1. The van der Waals surface area contributed by atoms with Crippen molar-refractivity contribution in [2.45, 2.75) is 6.10 Å². The van der Waals surface area contributed by atoms with Crippen LogP contribution in [-0.2, 0) is 4.74 Å². The maximum absolute atomic E-state index is 13.7. The SMILES string of the molecule is COC1CN(c2nc(-c3cccnc3)nc3cc(-c4cccc(F)c4)ccc23)C1. The predicted molar refractivity (Wildman–Crippen MR) is 111 cm³/mol. The van der Waals surface area contributed by atoms with E-state index in [1.54, 1.807) is 25.6 Å². The average molecular weight is 386 g/mol. The topological polar surface area (TPSA) is 51.1 Å². The zero-order chi connectivity index (χ0) is 19.8. The largest absolute Gasteiger partial charge is 0.378 e. The van der Waals surface area contributed by atoms with Gasteiger partial charge in [-0.1, -0.05) is 18.2 Å². The minimum atomic E-state index is -0.256. The van der Waals surface area contributed by atoms with Crippen molar-refractivity contribution >= 4 is 16.7 Å². The van der Waals surface area contributed by atoms with Crippen molar-refractivity contribution in [2.75, 3.05) is 25.1 Å². The van der Waals surface area contributed by atoms with Gasteiger partial charge in [0.15, 0.2) is 5.82 Å². The van der Waals surface area contributed by atoms with Crippen LogP contribution in [0.1, 0.15) is 0 Å². The van der Waals surface area contributed by atoms with Gasteiger partial charge in [0.2, 0.25) is 0 Å². The standard InChI is InChI=1S/C23H19FN4O/c1-29-19-13-28(14-19)23-20-8-7-16(15-4-2-6-18(24)10-15)11-21(20)26-22(27-23)17-5-3-9-25-12-17/h2-12,19H,13-14H2,1H3. The van der Waals surface area contributed by atoms with Crippen molar-refractivity contribution in [3.8, 4) is 22.5 Å². The first-order valence-corrected chi connectivity index (χ1v) is 9.47. The fraction of sp³-hybridized carbons (Fsp3) is 0.174. The van der Waals surface area contributed by atoms with Gasteiger partial charge in [0, 0.05) is 43.5 Å². The highest BCUT2D eigenvalue weighted by molar-refractivity contribution is 5.94. The van der Waals surface area contributed by atoms with Gasteiger partial charge in [0.05, 0.1) is 11.6 Å². The smallest absolute Gasteiger partial charge is 0.163 e. The van der Waals surface area contributed by atoms with Gasteiger partial charge in [0.25, 0.3) is 0 Å². The summed E-state index contributed by atoms with van der Waals surface area (Å²) in [5.41, 5.74) is 3.41. The van der Waals surface area contributed by atoms with Crippen LogP contribution in [0.5, 0.6) is 0 Å². The van der Waals surface area contributed by atoms with Crippen LogP contribution >= 0.6 is 0 Å². The molecule has 1 aliphatic rings. The number of benzene rings is 2. The van der Waals surface area contributed by atoms with E-state index in [0.29, 0.717) is 5.82 Å². The molecule has 0 bridgehead atoms. The van der Waals surface area contributed by atoms with Crippen LogP contribution in [-0.4, -0.2) is 41.3 Å². The molecule has 0 N–H and O–H groups in total. The summed E-state index contributed by atoms with van der Waals surface area (Å²) in [6, 6.07) is 16.4. The first-order chi connectivity index (χ1) is 14.2. The van der Waals surface area contributed by atoms with Crippen molar-refractivity contribution in [1.82, 2.24) is 15.0 Å².